The number of rotatable bonds is 6. The Bertz CT molecular complexity index is 370. The van der Waals surface area contributed by atoms with Crippen LogP contribution < -0.4 is 0 Å². The van der Waals surface area contributed by atoms with Gasteiger partial charge in [0, 0.05) is 0 Å². The van der Waals surface area contributed by atoms with Crippen molar-refractivity contribution in [2.75, 3.05) is 13.3 Å². The van der Waals surface area contributed by atoms with Crippen molar-refractivity contribution in [1.82, 2.24) is 5.01 Å². The second kappa shape index (κ2) is 6.76. The van der Waals surface area contributed by atoms with Crippen molar-refractivity contribution < 1.29 is 29.2 Å². The molecule has 0 amide bonds. The fraction of sp³-hybridized carbons (Fsp3) is 0.800. The van der Waals surface area contributed by atoms with E-state index in [0.717, 1.165) is 5.01 Å². The van der Waals surface area contributed by atoms with Crippen LogP contribution in [0.2, 0.25) is 0 Å². The molecular weight excluding hydrogens is 258 g/mol. The summed E-state index contributed by atoms with van der Waals surface area (Å²) < 4.78 is 4.64. The summed E-state index contributed by atoms with van der Waals surface area (Å²) in [6, 6.07) is -0.900. The van der Waals surface area contributed by atoms with Crippen LogP contribution in [0.4, 0.5) is 0 Å². The number of carbonyl (C=O) groups excluding carboxylic acids is 1. The van der Waals surface area contributed by atoms with E-state index >= 15 is 0 Å². The van der Waals surface area contributed by atoms with Gasteiger partial charge in [0.05, 0.1) is 17.4 Å². The third-order valence-corrected chi connectivity index (χ3v) is 2.58. The second-order valence-corrected chi connectivity index (χ2v) is 4.36. The van der Waals surface area contributed by atoms with Crippen molar-refractivity contribution in [3.8, 4) is 0 Å². The molecule has 19 heavy (non-hydrogen) atoms. The van der Waals surface area contributed by atoms with Gasteiger partial charge in [0.1, 0.15) is 0 Å². The first kappa shape index (κ1) is 15.0. The Kier molecular flexibility index (Phi) is 5.34. The molecule has 0 aromatic carbocycles. The number of hydrogen-bond acceptors (Lipinski definition) is 6. The second-order valence-electron chi connectivity index (χ2n) is 4.36. The van der Waals surface area contributed by atoms with E-state index < -0.39 is 24.8 Å². The molecule has 1 unspecified atom stereocenters. The molecule has 0 aromatic rings. The molecule has 0 saturated carbocycles. The molecule has 1 saturated heterocycles. The van der Waals surface area contributed by atoms with Gasteiger partial charge in [-0.05, 0) is 12.8 Å². The van der Waals surface area contributed by atoms with Gasteiger partial charge in [-0.3, -0.25) is 4.79 Å². The number of nitrogens with zero attached hydrogens (tertiary/aromatic N) is 3. The molecule has 0 bridgehead atoms. The lowest BCUT2D eigenvalue weighted by Crippen LogP contribution is -2.40. The quantitative estimate of drug-likeness (QED) is 0.187. The van der Waals surface area contributed by atoms with E-state index in [4.69, 9.17) is 5.11 Å². The van der Waals surface area contributed by atoms with Crippen LogP contribution in [0, 0.1) is 11.1 Å². The minimum atomic E-state index is -1.08. The van der Waals surface area contributed by atoms with Crippen LogP contribution in [0.3, 0.4) is 0 Å². The smallest absolute Gasteiger partial charge is 0.332 e. The number of hydrazine groups is 1. The lowest BCUT2D eigenvalue weighted by atomic mass is 10.2. The highest BCUT2D eigenvalue weighted by Gasteiger charge is 2.36. The Morgan fingerprint density at radius 3 is 2.84 bits per heavy atom. The molecule has 1 atom stereocenters. The molecule has 1 heterocycles. The molecule has 1 aliphatic heterocycles. The van der Waals surface area contributed by atoms with Crippen LogP contribution in [0.15, 0.2) is 5.28 Å². The average Bonchev–Trinajstić information content (AvgIpc) is 2.83. The number of hydrogen-bond donors (Lipinski definition) is 1. The third kappa shape index (κ3) is 4.27. The predicted molar refractivity (Wildman–Crippen MR) is 60.3 cm³/mol. The van der Waals surface area contributed by atoms with Crippen molar-refractivity contribution in [1.29, 1.82) is 0 Å². The van der Waals surface area contributed by atoms with E-state index in [0.29, 0.717) is 19.4 Å². The first-order chi connectivity index (χ1) is 8.93. The fourth-order valence-corrected chi connectivity index (χ4v) is 1.58. The van der Waals surface area contributed by atoms with Gasteiger partial charge in [-0.15, -0.1) is 5.01 Å². The number of carbonyl (C=O) groups is 2. The van der Waals surface area contributed by atoms with Crippen LogP contribution in [0.25, 0.3) is 0 Å². The molecule has 0 spiro atoms. The minimum absolute atomic E-state index is 0.0784. The number of esters is 1. The van der Waals surface area contributed by atoms with Crippen molar-refractivity contribution in [3.05, 3.63) is 5.21 Å². The van der Waals surface area contributed by atoms with Crippen LogP contribution in [-0.2, 0) is 19.2 Å². The van der Waals surface area contributed by atoms with Crippen molar-refractivity contribution in [2.45, 2.75) is 32.7 Å². The summed E-state index contributed by atoms with van der Waals surface area (Å²) >= 11 is 0. The van der Waals surface area contributed by atoms with Crippen LogP contribution >= 0.6 is 0 Å². The number of carboxylic acid groups (broad SMARTS) is 1. The maximum Gasteiger partial charge on any atom is 0.332 e. The summed E-state index contributed by atoms with van der Waals surface area (Å²) in [6.07, 6.45) is 0.972. The van der Waals surface area contributed by atoms with E-state index in [2.05, 4.69) is 14.9 Å². The monoisotopic (exact) mass is 275 g/mol. The summed E-state index contributed by atoms with van der Waals surface area (Å²) in [4.78, 5) is 26.5. The van der Waals surface area contributed by atoms with Gasteiger partial charge >= 0.3 is 11.9 Å². The van der Waals surface area contributed by atoms with Gasteiger partial charge < -0.3 is 19.9 Å². The summed E-state index contributed by atoms with van der Waals surface area (Å²) in [6.45, 7) is 3.11. The zero-order valence-corrected chi connectivity index (χ0v) is 10.8. The van der Waals surface area contributed by atoms with Gasteiger partial charge in [0.2, 0.25) is 5.28 Å². The molecule has 1 N–H and O–H groups in total. The molecule has 9 heteroatoms. The van der Waals surface area contributed by atoms with Gasteiger partial charge in [-0.2, -0.15) is 0 Å². The van der Waals surface area contributed by atoms with Gasteiger partial charge in [-0.25, -0.2) is 4.79 Å². The highest BCUT2D eigenvalue weighted by Crippen LogP contribution is 2.17. The molecule has 0 aromatic heterocycles. The first-order valence-corrected chi connectivity index (χ1v) is 5.89. The number of ether oxygens (including phenoxy) is 1. The molecule has 1 aliphatic rings. The maximum absolute atomic E-state index is 11.5. The largest absolute Gasteiger partial charge is 0.569 e. The SMILES string of the molecule is CC(C)C(=O)OCON=[N+]([O-])N1CCCC1C(=O)O. The molecule has 1 fully saturated rings. The average molecular weight is 275 g/mol. The molecular formula is C10H17N3O6. The molecule has 0 aliphatic carbocycles. The number of carboxylic acids is 1. The Balaban J connectivity index is 2.40. The third-order valence-electron chi connectivity index (χ3n) is 2.58. The van der Waals surface area contributed by atoms with E-state index in [1.54, 1.807) is 13.8 Å². The Labute approximate surface area is 109 Å². The molecule has 0 radical (unpaired) electrons. The summed E-state index contributed by atoms with van der Waals surface area (Å²) in [7, 11) is 0. The highest BCUT2D eigenvalue weighted by atomic mass is 16.8. The predicted octanol–water partition coefficient (Wildman–Crippen LogP) is 0.501. The van der Waals surface area contributed by atoms with Gasteiger partial charge in [0.25, 0.3) is 6.79 Å². The molecule has 9 nitrogen and oxygen atoms in total. The van der Waals surface area contributed by atoms with Crippen LogP contribution in [0.1, 0.15) is 26.7 Å². The van der Waals surface area contributed by atoms with E-state index in [1.165, 1.54) is 0 Å². The summed E-state index contributed by atoms with van der Waals surface area (Å²) in [5.74, 6) is -1.86. The van der Waals surface area contributed by atoms with E-state index in [9.17, 15) is 14.8 Å². The zero-order chi connectivity index (χ0) is 14.4. The van der Waals surface area contributed by atoms with Crippen molar-refractivity contribution >= 4 is 11.9 Å². The normalized spacial score (nSPS) is 19.6. The van der Waals surface area contributed by atoms with Crippen molar-refractivity contribution in [3.63, 3.8) is 0 Å². The maximum atomic E-state index is 11.5. The zero-order valence-electron chi connectivity index (χ0n) is 10.8. The Hall–Kier alpha value is -2.06. The van der Waals surface area contributed by atoms with E-state index in [-0.39, 0.29) is 10.9 Å². The fourth-order valence-electron chi connectivity index (χ4n) is 1.58. The summed E-state index contributed by atoms with van der Waals surface area (Å²) in [5, 5.41) is 24.5. The van der Waals surface area contributed by atoms with Crippen LogP contribution in [-0.4, -0.2) is 46.4 Å². The molecule has 108 valence electrons. The Morgan fingerprint density at radius 1 is 1.58 bits per heavy atom. The number of aliphatic carboxylic acids is 1. The molecule has 1 rings (SSSR count). The van der Waals surface area contributed by atoms with Gasteiger partial charge in [0.15, 0.2) is 6.04 Å². The highest BCUT2D eigenvalue weighted by molar-refractivity contribution is 5.73. The lowest BCUT2D eigenvalue weighted by Gasteiger charge is -2.16. The van der Waals surface area contributed by atoms with Gasteiger partial charge in [-0.1, -0.05) is 13.8 Å². The first-order valence-electron chi connectivity index (χ1n) is 5.89. The van der Waals surface area contributed by atoms with E-state index in [1.807, 2.05) is 0 Å². The Morgan fingerprint density at radius 2 is 2.26 bits per heavy atom. The summed E-state index contributed by atoms with van der Waals surface area (Å²) in [5.41, 5.74) is 0. The van der Waals surface area contributed by atoms with Crippen LogP contribution in [0.5, 0.6) is 0 Å². The minimum Gasteiger partial charge on any atom is -0.569 e. The lowest BCUT2D eigenvalue weighted by molar-refractivity contribution is -0.712. The standard InChI is InChI=1S/C10H17N3O6/c1-7(2)10(16)18-6-19-11-13(17)12-5-3-4-8(12)9(14)15/h7-8H,3-6H2,1-2H3,(H,14,15). The van der Waals surface area contributed by atoms with Crippen molar-refractivity contribution in [2.24, 2.45) is 11.2 Å². The topological polar surface area (TPSA) is 114 Å².